The van der Waals surface area contributed by atoms with Gasteiger partial charge in [0.05, 0.1) is 5.69 Å². The van der Waals surface area contributed by atoms with Crippen LogP contribution in [0, 0.1) is 0 Å². The fourth-order valence-corrected chi connectivity index (χ4v) is 4.66. The lowest BCUT2D eigenvalue weighted by atomic mass is 10.2. The molecule has 2 amide bonds. The van der Waals surface area contributed by atoms with Crippen molar-refractivity contribution in [3.63, 3.8) is 0 Å². The zero-order valence-corrected chi connectivity index (χ0v) is 20.3. The molecule has 3 heterocycles. The van der Waals surface area contributed by atoms with Crippen LogP contribution in [-0.4, -0.2) is 84.3 Å². The lowest BCUT2D eigenvalue weighted by molar-refractivity contribution is 0.153. The molecule has 0 unspecified atom stereocenters. The second-order valence-electron chi connectivity index (χ2n) is 8.08. The van der Waals surface area contributed by atoms with Gasteiger partial charge < -0.3 is 25.1 Å². The molecule has 3 N–H and O–H groups in total. The lowest BCUT2D eigenvalue weighted by Crippen LogP contribution is -2.45. The Bertz CT molecular complexity index is 1120. The monoisotopic (exact) mass is 489 g/mol. The van der Waals surface area contributed by atoms with E-state index in [0.717, 1.165) is 39.1 Å². The summed E-state index contributed by atoms with van der Waals surface area (Å²) in [5.41, 5.74) is 1.29. The normalized spacial score (nSPS) is 15.0. The predicted molar refractivity (Wildman–Crippen MR) is 134 cm³/mol. The van der Waals surface area contributed by atoms with Crippen molar-refractivity contribution < 1.29 is 9.90 Å². The minimum Gasteiger partial charge on any atom is -0.506 e. The van der Waals surface area contributed by atoms with Crippen molar-refractivity contribution in [2.75, 3.05) is 63.6 Å². The molecule has 33 heavy (non-hydrogen) atoms. The Labute approximate surface area is 202 Å². The van der Waals surface area contributed by atoms with Gasteiger partial charge in [0.25, 0.3) is 0 Å². The van der Waals surface area contributed by atoms with E-state index in [1.165, 1.54) is 17.4 Å². The maximum atomic E-state index is 12.3. The number of carbonyl (C=O) groups excluding carboxylic acids is 1. The molecule has 1 aromatic carbocycles. The number of amides is 2. The molecular weight excluding hydrogens is 462 g/mol. The Morgan fingerprint density at radius 1 is 1.21 bits per heavy atom. The molecule has 1 fully saturated rings. The molecule has 2 aromatic heterocycles. The number of pyridine rings is 1. The third-order valence-corrected chi connectivity index (χ3v) is 6.75. The van der Waals surface area contributed by atoms with E-state index in [-0.39, 0.29) is 11.8 Å². The summed E-state index contributed by atoms with van der Waals surface area (Å²) in [6.45, 7) is 5.95. The van der Waals surface area contributed by atoms with Crippen LogP contribution in [-0.2, 0) is 0 Å². The first-order chi connectivity index (χ1) is 15.9. The van der Waals surface area contributed by atoms with Crippen molar-refractivity contribution in [3.05, 3.63) is 35.4 Å². The lowest BCUT2D eigenvalue weighted by Gasteiger charge is -2.32. The van der Waals surface area contributed by atoms with E-state index >= 15 is 0 Å². The van der Waals surface area contributed by atoms with Crippen LogP contribution >= 0.6 is 22.9 Å². The Kier molecular flexibility index (Phi) is 7.49. The Morgan fingerprint density at radius 3 is 2.76 bits per heavy atom. The summed E-state index contributed by atoms with van der Waals surface area (Å²) in [5, 5.41) is 16.8. The van der Waals surface area contributed by atoms with Gasteiger partial charge in [-0.25, -0.2) is 14.8 Å². The van der Waals surface area contributed by atoms with Gasteiger partial charge in [0.1, 0.15) is 21.9 Å². The van der Waals surface area contributed by atoms with Gasteiger partial charge in [0.2, 0.25) is 0 Å². The van der Waals surface area contributed by atoms with Gasteiger partial charge in [-0.3, -0.25) is 5.32 Å². The summed E-state index contributed by atoms with van der Waals surface area (Å²) < 4.78 is 0. The third kappa shape index (κ3) is 6.02. The first-order valence-corrected chi connectivity index (χ1v) is 12.0. The summed E-state index contributed by atoms with van der Waals surface area (Å²) in [6, 6.07) is 8.33. The number of carbonyl (C=O) groups is 1. The molecule has 0 spiro atoms. The molecule has 0 atom stereocenters. The Balaban J connectivity index is 1.31. The van der Waals surface area contributed by atoms with E-state index in [9.17, 15) is 9.90 Å². The second-order valence-corrected chi connectivity index (χ2v) is 9.50. The molecule has 11 heteroatoms. The van der Waals surface area contributed by atoms with Gasteiger partial charge in [-0.05, 0) is 44.3 Å². The number of nitrogens with one attached hydrogen (secondary N) is 2. The van der Waals surface area contributed by atoms with E-state index in [4.69, 9.17) is 11.6 Å². The molecule has 4 rings (SSSR count). The van der Waals surface area contributed by atoms with Crippen LogP contribution in [0.3, 0.4) is 0 Å². The number of phenolic OH excluding ortho intramolecular Hbond substituents is 1. The molecule has 0 aliphatic carbocycles. The third-order valence-electron chi connectivity index (χ3n) is 5.64. The van der Waals surface area contributed by atoms with Gasteiger partial charge in [-0.2, -0.15) is 0 Å². The number of aromatic nitrogens is 2. The number of nitrogens with zero attached hydrogens (tertiary/aromatic N) is 5. The molecule has 1 aliphatic heterocycles. The maximum absolute atomic E-state index is 12.3. The Morgan fingerprint density at radius 2 is 2.00 bits per heavy atom. The van der Waals surface area contributed by atoms with Crippen LogP contribution in [0.15, 0.2) is 30.3 Å². The van der Waals surface area contributed by atoms with Crippen molar-refractivity contribution >= 4 is 56.0 Å². The molecule has 176 valence electrons. The topological polar surface area (TPSA) is 96.9 Å². The number of thiazole rings is 1. The van der Waals surface area contributed by atoms with Crippen LogP contribution < -0.4 is 15.5 Å². The molecule has 9 nitrogen and oxygen atoms in total. The zero-order valence-electron chi connectivity index (χ0n) is 18.7. The van der Waals surface area contributed by atoms with E-state index in [1.54, 1.807) is 17.0 Å². The van der Waals surface area contributed by atoms with Gasteiger partial charge >= 0.3 is 6.03 Å². The van der Waals surface area contributed by atoms with Crippen molar-refractivity contribution in [2.24, 2.45) is 0 Å². The fourth-order valence-electron chi connectivity index (χ4n) is 3.67. The number of phenols is 1. The van der Waals surface area contributed by atoms with Crippen LogP contribution in [0.25, 0.3) is 10.3 Å². The number of benzene rings is 1. The zero-order chi connectivity index (χ0) is 23.4. The molecule has 0 radical (unpaired) electrons. The summed E-state index contributed by atoms with van der Waals surface area (Å²) >= 11 is 7.23. The summed E-state index contributed by atoms with van der Waals surface area (Å²) in [6.07, 6.45) is 0.909. The summed E-state index contributed by atoms with van der Waals surface area (Å²) in [5.74, 6) is 0.714. The first-order valence-electron chi connectivity index (χ1n) is 10.8. The number of likely N-dealkylation sites (N-methyl/N-ethyl adjacent to an activating group) is 1. The Hall–Kier alpha value is -2.66. The summed E-state index contributed by atoms with van der Waals surface area (Å²) in [4.78, 5) is 28.6. The second kappa shape index (κ2) is 10.5. The van der Waals surface area contributed by atoms with Gasteiger partial charge in [0, 0.05) is 50.9 Å². The SMILES string of the molecule is CN1CCN(CCCNC(=O)Nc2nc3ccc(N(C)c4ccc(Cl)cc4O)nc3s2)CC1. The number of halogens is 1. The summed E-state index contributed by atoms with van der Waals surface area (Å²) in [7, 11) is 3.96. The van der Waals surface area contributed by atoms with E-state index in [0.29, 0.717) is 38.6 Å². The number of piperazine rings is 1. The highest BCUT2D eigenvalue weighted by Gasteiger charge is 2.15. The molecule has 1 saturated heterocycles. The highest BCUT2D eigenvalue weighted by atomic mass is 35.5. The number of hydrogen-bond donors (Lipinski definition) is 3. The number of aromatic hydroxyl groups is 1. The highest BCUT2D eigenvalue weighted by Crippen LogP contribution is 2.34. The van der Waals surface area contributed by atoms with E-state index < -0.39 is 0 Å². The smallest absolute Gasteiger partial charge is 0.321 e. The van der Waals surface area contributed by atoms with Crippen LogP contribution in [0.5, 0.6) is 5.75 Å². The van der Waals surface area contributed by atoms with E-state index in [1.807, 2.05) is 19.2 Å². The number of anilines is 3. The van der Waals surface area contributed by atoms with Crippen LogP contribution in [0.4, 0.5) is 21.4 Å². The van der Waals surface area contributed by atoms with Crippen molar-refractivity contribution in [2.45, 2.75) is 6.42 Å². The maximum Gasteiger partial charge on any atom is 0.321 e. The minimum atomic E-state index is -0.268. The standard InChI is InChI=1S/C22H28ClN7O2S/c1-28-10-12-30(13-11-28)9-3-8-24-21(32)27-22-25-16-5-7-19(26-20(16)33-22)29(2)17-6-4-15(23)14-18(17)31/h4-7,14,31H,3,8-13H2,1-2H3,(H2,24,25,27,32). The molecule has 0 saturated carbocycles. The quantitative estimate of drug-likeness (QED) is 0.436. The van der Waals surface area contributed by atoms with Gasteiger partial charge in [0.15, 0.2) is 5.13 Å². The molecular formula is C22H28ClN7O2S. The van der Waals surface area contributed by atoms with E-state index in [2.05, 4.69) is 37.4 Å². The number of hydrogen-bond acceptors (Lipinski definition) is 8. The van der Waals surface area contributed by atoms with Crippen LogP contribution in [0.1, 0.15) is 6.42 Å². The largest absolute Gasteiger partial charge is 0.506 e. The number of rotatable bonds is 7. The first kappa shape index (κ1) is 23.5. The average Bonchev–Trinajstić information content (AvgIpc) is 3.19. The molecule has 1 aliphatic rings. The van der Waals surface area contributed by atoms with Crippen molar-refractivity contribution in [1.29, 1.82) is 0 Å². The van der Waals surface area contributed by atoms with Gasteiger partial charge in [-0.15, -0.1) is 0 Å². The number of urea groups is 1. The van der Waals surface area contributed by atoms with Crippen molar-refractivity contribution in [1.82, 2.24) is 25.1 Å². The minimum absolute atomic E-state index is 0.0721. The predicted octanol–water partition coefficient (Wildman–Crippen LogP) is 3.58. The molecule has 0 bridgehead atoms. The van der Waals surface area contributed by atoms with Gasteiger partial charge in [-0.1, -0.05) is 22.9 Å². The molecule has 3 aromatic rings. The van der Waals surface area contributed by atoms with Crippen molar-refractivity contribution in [3.8, 4) is 5.75 Å². The number of fused-ring (bicyclic) bond motifs is 1. The highest BCUT2D eigenvalue weighted by molar-refractivity contribution is 7.22. The fraction of sp³-hybridized carbons (Fsp3) is 0.409. The average molecular weight is 490 g/mol. The van der Waals surface area contributed by atoms with Crippen LogP contribution in [0.2, 0.25) is 5.02 Å².